The second-order valence-corrected chi connectivity index (χ2v) is 12.2. The van der Waals surface area contributed by atoms with E-state index in [1.807, 2.05) is 27.7 Å². The summed E-state index contributed by atoms with van der Waals surface area (Å²) in [5, 5.41) is 3.61. The lowest BCUT2D eigenvalue weighted by Crippen LogP contribution is -2.55. The van der Waals surface area contributed by atoms with Crippen LogP contribution < -0.4 is 9.62 Å². The molecule has 192 valence electrons. The number of amides is 2. The van der Waals surface area contributed by atoms with E-state index < -0.39 is 34.1 Å². The maximum absolute atomic E-state index is 13.7. The van der Waals surface area contributed by atoms with Crippen molar-refractivity contribution in [2.75, 3.05) is 17.1 Å². The molecular formula is C25H33Cl2N3O4S. The predicted molar refractivity (Wildman–Crippen MR) is 142 cm³/mol. The van der Waals surface area contributed by atoms with Gasteiger partial charge in [-0.15, -0.1) is 0 Å². The molecule has 1 N–H and O–H groups in total. The molecule has 10 heteroatoms. The van der Waals surface area contributed by atoms with Gasteiger partial charge in [0, 0.05) is 27.7 Å². The monoisotopic (exact) mass is 541 g/mol. The summed E-state index contributed by atoms with van der Waals surface area (Å²) < 4.78 is 26.3. The lowest BCUT2D eigenvalue weighted by atomic mass is 10.1. The van der Waals surface area contributed by atoms with Crippen LogP contribution in [-0.2, 0) is 26.2 Å². The molecule has 0 aliphatic rings. The van der Waals surface area contributed by atoms with Crippen molar-refractivity contribution in [3.8, 4) is 0 Å². The van der Waals surface area contributed by atoms with Crippen molar-refractivity contribution < 1.29 is 18.0 Å². The summed E-state index contributed by atoms with van der Waals surface area (Å²) in [6.07, 6.45) is 1.35. The van der Waals surface area contributed by atoms with Crippen molar-refractivity contribution in [2.45, 2.75) is 59.2 Å². The van der Waals surface area contributed by atoms with Gasteiger partial charge in [0.05, 0.1) is 11.9 Å². The van der Waals surface area contributed by atoms with Gasteiger partial charge in [0.15, 0.2) is 0 Å². The predicted octanol–water partition coefficient (Wildman–Crippen LogP) is 4.79. The van der Waals surface area contributed by atoms with Gasteiger partial charge in [-0.2, -0.15) is 0 Å². The number of carbonyl (C=O) groups is 2. The highest BCUT2D eigenvalue weighted by molar-refractivity contribution is 7.92. The molecule has 0 radical (unpaired) electrons. The van der Waals surface area contributed by atoms with Gasteiger partial charge in [0.2, 0.25) is 21.8 Å². The zero-order chi connectivity index (χ0) is 26.6. The molecule has 2 amide bonds. The molecule has 2 rings (SSSR count). The van der Waals surface area contributed by atoms with Crippen LogP contribution in [-0.4, -0.2) is 49.5 Å². The minimum Gasteiger partial charge on any atom is -0.350 e. The number of aryl methyl sites for hydroxylation is 1. The first-order chi connectivity index (χ1) is 16.1. The summed E-state index contributed by atoms with van der Waals surface area (Å²) in [5.74, 6) is -0.902. The van der Waals surface area contributed by atoms with Crippen molar-refractivity contribution in [3.05, 3.63) is 63.6 Å². The van der Waals surface area contributed by atoms with E-state index in [1.54, 1.807) is 49.4 Å². The Morgan fingerprint density at radius 1 is 1.03 bits per heavy atom. The Hall–Kier alpha value is -2.29. The molecule has 2 aromatic carbocycles. The first kappa shape index (κ1) is 28.9. The second-order valence-electron chi connectivity index (χ2n) is 9.49. The lowest BCUT2D eigenvalue weighted by molar-refractivity contribution is -0.141. The number of hydrogen-bond acceptors (Lipinski definition) is 4. The minimum absolute atomic E-state index is 0.0566. The van der Waals surface area contributed by atoms with Crippen LogP contribution in [0.5, 0.6) is 0 Å². The highest BCUT2D eigenvalue weighted by atomic mass is 35.5. The maximum atomic E-state index is 13.7. The van der Waals surface area contributed by atoms with E-state index in [0.717, 1.165) is 16.1 Å². The van der Waals surface area contributed by atoms with E-state index in [4.69, 9.17) is 23.2 Å². The molecule has 0 saturated heterocycles. The molecule has 0 aliphatic carbocycles. The fourth-order valence-corrected chi connectivity index (χ4v) is 4.92. The Morgan fingerprint density at radius 2 is 1.57 bits per heavy atom. The van der Waals surface area contributed by atoms with Gasteiger partial charge in [0.25, 0.3) is 0 Å². The molecule has 0 fully saturated rings. The highest BCUT2D eigenvalue weighted by Crippen LogP contribution is 2.28. The Labute approximate surface area is 218 Å². The van der Waals surface area contributed by atoms with Crippen LogP contribution in [0.15, 0.2) is 42.5 Å². The van der Waals surface area contributed by atoms with Crippen LogP contribution in [0.2, 0.25) is 10.0 Å². The van der Waals surface area contributed by atoms with Gasteiger partial charge in [0.1, 0.15) is 12.6 Å². The fraction of sp³-hybridized carbons (Fsp3) is 0.440. The number of rotatable bonds is 9. The Balaban J connectivity index is 2.51. The van der Waals surface area contributed by atoms with Gasteiger partial charge in [-0.05, 0) is 58.4 Å². The van der Waals surface area contributed by atoms with Crippen LogP contribution in [0, 0.1) is 6.92 Å². The fourth-order valence-electron chi connectivity index (χ4n) is 3.55. The summed E-state index contributed by atoms with van der Waals surface area (Å²) in [5.41, 5.74) is 1.26. The van der Waals surface area contributed by atoms with Crippen LogP contribution in [0.3, 0.4) is 0 Å². The standard InChI is InChI=1S/C25H33Cl2N3O4S/c1-7-22(24(32)28-25(3,4)5)29(15-19-20(26)9-8-10-21(19)27)23(31)16-30(35(6,33)34)18-13-11-17(2)12-14-18/h8-14,22H,7,15-16H2,1-6H3,(H,28,32)/t22-/m1/s1. The van der Waals surface area contributed by atoms with Crippen LogP contribution in [0.4, 0.5) is 5.69 Å². The number of carbonyl (C=O) groups excluding carboxylic acids is 2. The SMILES string of the molecule is CC[C@H](C(=O)NC(C)(C)C)N(Cc1c(Cl)cccc1Cl)C(=O)CN(c1ccc(C)cc1)S(C)(=O)=O. The van der Waals surface area contributed by atoms with Gasteiger partial charge in [-0.3, -0.25) is 13.9 Å². The number of benzene rings is 2. The van der Waals surface area contributed by atoms with E-state index in [2.05, 4.69) is 5.32 Å². The van der Waals surface area contributed by atoms with Gasteiger partial charge in [-0.1, -0.05) is 53.9 Å². The molecule has 1 atom stereocenters. The third-order valence-corrected chi connectivity index (χ3v) is 7.12. The molecule has 0 unspecified atom stereocenters. The first-order valence-electron chi connectivity index (χ1n) is 11.2. The smallest absolute Gasteiger partial charge is 0.244 e. The van der Waals surface area contributed by atoms with Crippen molar-refractivity contribution >= 4 is 50.7 Å². The number of nitrogens with zero attached hydrogens (tertiary/aromatic N) is 2. The topological polar surface area (TPSA) is 86.8 Å². The van der Waals surface area contributed by atoms with E-state index in [9.17, 15) is 18.0 Å². The lowest BCUT2D eigenvalue weighted by Gasteiger charge is -2.34. The summed E-state index contributed by atoms with van der Waals surface area (Å²) in [7, 11) is -3.80. The Bertz CT molecular complexity index is 1140. The van der Waals surface area contributed by atoms with Crippen LogP contribution >= 0.6 is 23.2 Å². The maximum Gasteiger partial charge on any atom is 0.244 e. The molecular weight excluding hydrogens is 509 g/mol. The van der Waals surface area contributed by atoms with Crippen LogP contribution in [0.1, 0.15) is 45.2 Å². The average molecular weight is 543 g/mol. The molecule has 0 bridgehead atoms. The number of hydrogen-bond donors (Lipinski definition) is 1. The van der Waals surface area contributed by atoms with E-state index in [-0.39, 0.29) is 12.5 Å². The second kappa shape index (κ2) is 11.6. The molecule has 0 aromatic heterocycles. The molecule has 0 aliphatic heterocycles. The van der Waals surface area contributed by atoms with Gasteiger partial charge < -0.3 is 10.2 Å². The van der Waals surface area contributed by atoms with Gasteiger partial charge in [-0.25, -0.2) is 8.42 Å². The summed E-state index contributed by atoms with van der Waals surface area (Å²) in [6.45, 7) is 8.67. The van der Waals surface area contributed by atoms with Gasteiger partial charge >= 0.3 is 0 Å². The minimum atomic E-state index is -3.80. The number of nitrogens with one attached hydrogen (secondary N) is 1. The largest absolute Gasteiger partial charge is 0.350 e. The quantitative estimate of drug-likeness (QED) is 0.494. The number of sulfonamides is 1. The summed E-state index contributed by atoms with van der Waals surface area (Å²) >= 11 is 12.7. The van der Waals surface area contributed by atoms with E-state index in [1.165, 1.54) is 4.90 Å². The van der Waals surface area contributed by atoms with E-state index in [0.29, 0.717) is 27.7 Å². The highest BCUT2D eigenvalue weighted by Gasteiger charge is 2.33. The average Bonchev–Trinajstić information content (AvgIpc) is 2.72. The number of halogens is 2. The molecule has 0 spiro atoms. The van der Waals surface area contributed by atoms with Crippen molar-refractivity contribution in [2.24, 2.45) is 0 Å². The molecule has 0 heterocycles. The van der Waals surface area contributed by atoms with Crippen molar-refractivity contribution in [1.29, 1.82) is 0 Å². The molecule has 0 saturated carbocycles. The number of anilines is 1. The third-order valence-electron chi connectivity index (χ3n) is 5.28. The summed E-state index contributed by atoms with van der Waals surface area (Å²) in [4.78, 5) is 28.2. The zero-order valence-electron chi connectivity index (χ0n) is 20.9. The van der Waals surface area contributed by atoms with Crippen molar-refractivity contribution in [3.63, 3.8) is 0 Å². The molecule has 35 heavy (non-hydrogen) atoms. The third kappa shape index (κ3) is 8.12. The Kier molecular flexibility index (Phi) is 9.62. The van der Waals surface area contributed by atoms with Crippen LogP contribution in [0.25, 0.3) is 0 Å². The van der Waals surface area contributed by atoms with Crippen molar-refractivity contribution in [1.82, 2.24) is 10.2 Å². The first-order valence-corrected chi connectivity index (χ1v) is 13.8. The van der Waals surface area contributed by atoms with E-state index >= 15 is 0 Å². The molecule has 7 nitrogen and oxygen atoms in total. The normalized spacial score (nSPS) is 12.7. The molecule has 2 aromatic rings. The Morgan fingerprint density at radius 3 is 2.03 bits per heavy atom. The zero-order valence-corrected chi connectivity index (χ0v) is 23.3. The summed E-state index contributed by atoms with van der Waals surface area (Å²) in [6, 6.07) is 10.9.